The zero-order valence-electron chi connectivity index (χ0n) is 14.2. The van der Waals surface area contributed by atoms with Gasteiger partial charge in [-0.2, -0.15) is 5.10 Å². The van der Waals surface area contributed by atoms with Gasteiger partial charge < -0.3 is 5.11 Å². The highest BCUT2D eigenvalue weighted by atomic mass is 16.3. The van der Waals surface area contributed by atoms with Crippen LogP contribution in [-0.2, 0) is 0 Å². The van der Waals surface area contributed by atoms with Crippen LogP contribution in [0.15, 0.2) is 91.0 Å². The Balaban J connectivity index is 1.81. The molecule has 4 rings (SSSR count). The van der Waals surface area contributed by atoms with Crippen molar-refractivity contribution in [3.63, 3.8) is 0 Å². The average Bonchev–Trinajstić information content (AvgIpc) is 3.12. The second-order valence-electron chi connectivity index (χ2n) is 5.96. The number of para-hydroxylation sites is 2. The molecule has 0 fully saturated rings. The van der Waals surface area contributed by atoms with Gasteiger partial charge in [-0.25, -0.2) is 4.68 Å². The molecule has 1 heterocycles. The number of rotatable bonds is 4. The summed E-state index contributed by atoms with van der Waals surface area (Å²) >= 11 is 0. The standard InChI is InChI=1S/C23H18N2O/c26-23-14-8-7-13-21(23)22-17-19(16-15-18-9-3-1-4-10-18)24-25(22)20-11-5-2-6-12-20/h1-17,26H. The number of hydrogen-bond donors (Lipinski definition) is 1. The highest BCUT2D eigenvalue weighted by Crippen LogP contribution is 2.31. The van der Waals surface area contributed by atoms with E-state index in [1.54, 1.807) is 6.07 Å². The number of aromatic nitrogens is 2. The number of nitrogens with zero attached hydrogens (tertiary/aromatic N) is 2. The fraction of sp³-hybridized carbons (Fsp3) is 0. The van der Waals surface area contributed by atoms with E-state index in [1.165, 1.54) is 0 Å². The second-order valence-corrected chi connectivity index (χ2v) is 5.96. The maximum Gasteiger partial charge on any atom is 0.124 e. The molecule has 3 heteroatoms. The fourth-order valence-electron chi connectivity index (χ4n) is 2.87. The molecular formula is C23H18N2O. The van der Waals surface area contributed by atoms with Crippen molar-refractivity contribution in [2.75, 3.05) is 0 Å². The Morgan fingerprint density at radius 2 is 1.38 bits per heavy atom. The summed E-state index contributed by atoms with van der Waals surface area (Å²) in [5.74, 6) is 0.239. The highest BCUT2D eigenvalue weighted by molar-refractivity contribution is 5.74. The molecular weight excluding hydrogens is 320 g/mol. The minimum Gasteiger partial charge on any atom is -0.507 e. The Labute approximate surface area is 152 Å². The monoisotopic (exact) mass is 338 g/mol. The lowest BCUT2D eigenvalue weighted by molar-refractivity contribution is 0.477. The smallest absolute Gasteiger partial charge is 0.124 e. The van der Waals surface area contributed by atoms with Crippen LogP contribution in [0.3, 0.4) is 0 Å². The van der Waals surface area contributed by atoms with Crippen LogP contribution in [0.2, 0.25) is 0 Å². The van der Waals surface area contributed by atoms with Crippen molar-refractivity contribution in [1.29, 1.82) is 0 Å². The average molecular weight is 338 g/mol. The van der Waals surface area contributed by atoms with E-state index in [-0.39, 0.29) is 5.75 Å². The van der Waals surface area contributed by atoms with Crippen LogP contribution < -0.4 is 0 Å². The van der Waals surface area contributed by atoms with E-state index in [4.69, 9.17) is 5.10 Å². The maximum absolute atomic E-state index is 10.3. The molecule has 126 valence electrons. The van der Waals surface area contributed by atoms with E-state index in [0.717, 1.165) is 28.2 Å². The molecule has 0 amide bonds. The normalized spacial score (nSPS) is 11.1. The highest BCUT2D eigenvalue weighted by Gasteiger charge is 2.13. The number of phenolic OH excluding ortho intramolecular Hbond substituents is 1. The van der Waals surface area contributed by atoms with E-state index in [1.807, 2.05) is 89.6 Å². The lowest BCUT2D eigenvalue weighted by Gasteiger charge is -2.08. The maximum atomic E-state index is 10.3. The first-order valence-electron chi connectivity index (χ1n) is 8.48. The van der Waals surface area contributed by atoms with Gasteiger partial charge in [-0.05, 0) is 42.0 Å². The molecule has 3 aromatic carbocycles. The van der Waals surface area contributed by atoms with Gasteiger partial charge in [0.05, 0.1) is 17.1 Å². The van der Waals surface area contributed by atoms with Gasteiger partial charge in [-0.15, -0.1) is 0 Å². The fourth-order valence-corrected chi connectivity index (χ4v) is 2.87. The summed E-state index contributed by atoms with van der Waals surface area (Å²) in [4.78, 5) is 0. The van der Waals surface area contributed by atoms with Crippen molar-refractivity contribution in [2.24, 2.45) is 0 Å². The molecule has 0 aliphatic rings. The van der Waals surface area contributed by atoms with E-state index in [0.29, 0.717) is 0 Å². The van der Waals surface area contributed by atoms with Gasteiger partial charge in [-0.3, -0.25) is 0 Å². The molecule has 0 aliphatic heterocycles. The van der Waals surface area contributed by atoms with Crippen LogP contribution in [0.4, 0.5) is 0 Å². The molecule has 1 N–H and O–H groups in total. The van der Waals surface area contributed by atoms with Crippen molar-refractivity contribution in [3.05, 3.63) is 102 Å². The van der Waals surface area contributed by atoms with Crippen LogP contribution in [0.5, 0.6) is 5.75 Å². The summed E-state index contributed by atoms with van der Waals surface area (Å²) in [5, 5.41) is 15.0. The van der Waals surface area contributed by atoms with Gasteiger partial charge in [0.15, 0.2) is 0 Å². The van der Waals surface area contributed by atoms with E-state index in [2.05, 4.69) is 12.1 Å². The summed E-state index contributed by atoms with van der Waals surface area (Å²) < 4.78 is 1.86. The van der Waals surface area contributed by atoms with Crippen LogP contribution in [0, 0.1) is 0 Å². The lowest BCUT2D eigenvalue weighted by atomic mass is 10.1. The molecule has 0 saturated carbocycles. The van der Waals surface area contributed by atoms with Gasteiger partial charge in [0.2, 0.25) is 0 Å². The summed E-state index contributed by atoms with van der Waals surface area (Å²) in [6.45, 7) is 0. The number of aromatic hydroxyl groups is 1. The van der Waals surface area contributed by atoms with Gasteiger partial charge in [0.25, 0.3) is 0 Å². The summed E-state index contributed by atoms with van der Waals surface area (Å²) in [7, 11) is 0. The molecule has 0 spiro atoms. The second kappa shape index (κ2) is 7.11. The largest absolute Gasteiger partial charge is 0.507 e. The molecule has 0 unspecified atom stereocenters. The Morgan fingerprint density at radius 1 is 0.731 bits per heavy atom. The van der Waals surface area contributed by atoms with Crippen molar-refractivity contribution in [2.45, 2.75) is 0 Å². The van der Waals surface area contributed by atoms with Gasteiger partial charge in [0.1, 0.15) is 5.75 Å². The van der Waals surface area contributed by atoms with Crippen molar-refractivity contribution >= 4 is 12.2 Å². The predicted octanol–water partition coefficient (Wildman–Crippen LogP) is 5.42. The summed E-state index contributed by atoms with van der Waals surface area (Å²) in [5.41, 5.74) is 4.50. The molecule has 0 aliphatic carbocycles. The molecule has 0 radical (unpaired) electrons. The summed E-state index contributed by atoms with van der Waals surface area (Å²) in [6, 6.07) is 29.4. The van der Waals surface area contributed by atoms with E-state index >= 15 is 0 Å². The third kappa shape index (κ3) is 3.28. The quantitative estimate of drug-likeness (QED) is 0.540. The number of phenols is 1. The first kappa shape index (κ1) is 15.9. The van der Waals surface area contributed by atoms with Gasteiger partial charge in [-0.1, -0.05) is 66.7 Å². The Hall–Kier alpha value is -3.59. The zero-order valence-corrected chi connectivity index (χ0v) is 14.2. The topological polar surface area (TPSA) is 38.1 Å². The molecule has 4 aromatic rings. The number of hydrogen-bond acceptors (Lipinski definition) is 2. The third-order valence-electron chi connectivity index (χ3n) is 4.16. The molecule has 0 bridgehead atoms. The molecule has 26 heavy (non-hydrogen) atoms. The molecule has 0 atom stereocenters. The van der Waals surface area contributed by atoms with Crippen LogP contribution in [0.25, 0.3) is 29.1 Å². The predicted molar refractivity (Wildman–Crippen MR) is 106 cm³/mol. The van der Waals surface area contributed by atoms with E-state index in [9.17, 15) is 5.11 Å². The third-order valence-corrected chi connectivity index (χ3v) is 4.16. The Bertz CT molecular complexity index is 1030. The summed E-state index contributed by atoms with van der Waals surface area (Å²) in [6.07, 6.45) is 4.02. The Morgan fingerprint density at radius 3 is 2.12 bits per heavy atom. The van der Waals surface area contributed by atoms with Gasteiger partial charge >= 0.3 is 0 Å². The lowest BCUT2D eigenvalue weighted by Crippen LogP contribution is -1.98. The van der Waals surface area contributed by atoms with Crippen LogP contribution in [0.1, 0.15) is 11.3 Å². The van der Waals surface area contributed by atoms with Crippen molar-refractivity contribution in [1.82, 2.24) is 9.78 Å². The first-order chi connectivity index (χ1) is 12.8. The van der Waals surface area contributed by atoms with Gasteiger partial charge in [0, 0.05) is 5.56 Å². The minimum atomic E-state index is 0.239. The molecule has 1 aromatic heterocycles. The number of benzene rings is 3. The van der Waals surface area contributed by atoms with Crippen LogP contribution in [-0.4, -0.2) is 14.9 Å². The SMILES string of the molecule is Oc1ccccc1-c1cc(C=Cc2ccccc2)nn1-c1ccccc1. The Kier molecular flexibility index (Phi) is 4.35. The first-order valence-corrected chi connectivity index (χ1v) is 8.48. The van der Waals surface area contributed by atoms with Crippen LogP contribution >= 0.6 is 0 Å². The van der Waals surface area contributed by atoms with Crippen molar-refractivity contribution in [3.8, 4) is 22.7 Å². The zero-order chi connectivity index (χ0) is 17.8. The molecule has 0 saturated heterocycles. The molecule has 3 nitrogen and oxygen atoms in total. The van der Waals surface area contributed by atoms with E-state index < -0.39 is 0 Å². The minimum absolute atomic E-state index is 0.239. The van der Waals surface area contributed by atoms with Crippen molar-refractivity contribution < 1.29 is 5.11 Å².